The van der Waals surface area contributed by atoms with Crippen molar-refractivity contribution in [2.45, 2.75) is 34.6 Å². The van der Waals surface area contributed by atoms with Gasteiger partial charge in [-0.25, -0.2) is 0 Å². The van der Waals surface area contributed by atoms with Gasteiger partial charge in [-0.15, -0.1) is 0 Å². The van der Waals surface area contributed by atoms with E-state index in [1.165, 1.54) is 22.4 Å². The smallest absolute Gasteiger partial charge is 0.0396 e. The Morgan fingerprint density at radius 3 is 2.22 bits per heavy atom. The summed E-state index contributed by atoms with van der Waals surface area (Å²) in [7, 11) is 2.17. The number of hydrogen-bond acceptors (Lipinski definition) is 2. The van der Waals surface area contributed by atoms with E-state index in [9.17, 15) is 0 Å². The predicted molar refractivity (Wildman–Crippen MR) is 81.3 cm³/mol. The molecule has 2 N–H and O–H groups in total. The number of hydrogen-bond donors (Lipinski definition) is 1. The Kier molecular flexibility index (Phi) is 5.21. The Balaban J connectivity index is 2.91. The molecule has 1 rings (SSSR count). The molecule has 0 fully saturated rings. The van der Waals surface area contributed by atoms with E-state index in [1.807, 2.05) is 0 Å². The molecule has 0 aliphatic carbocycles. The number of anilines is 1. The Hall–Kier alpha value is -1.02. The highest BCUT2D eigenvalue weighted by molar-refractivity contribution is 5.57. The molecule has 18 heavy (non-hydrogen) atoms. The molecular weight excluding hydrogens is 220 g/mol. The molecule has 1 unspecified atom stereocenters. The van der Waals surface area contributed by atoms with Crippen molar-refractivity contribution in [3.8, 4) is 0 Å². The van der Waals surface area contributed by atoms with Crippen molar-refractivity contribution in [2.24, 2.45) is 17.6 Å². The number of rotatable bonds is 5. The summed E-state index contributed by atoms with van der Waals surface area (Å²) in [6, 6.07) is 4.44. The van der Waals surface area contributed by atoms with Gasteiger partial charge in [-0.05, 0) is 61.9 Å². The van der Waals surface area contributed by atoms with Crippen molar-refractivity contribution in [3.63, 3.8) is 0 Å². The number of benzene rings is 1. The lowest BCUT2D eigenvalue weighted by Crippen LogP contribution is -2.33. The molecule has 1 atom stereocenters. The summed E-state index contributed by atoms with van der Waals surface area (Å²) in [5, 5.41) is 0. The first kappa shape index (κ1) is 15.0. The second-order valence-corrected chi connectivity index (χ2v) is 5.77. The summed E-state index contributed by atoms with van der Waals surface area (Å²) in [5.74, 6) is 1.18. The van der Waals surface area contributed by atoms with Gasteiger partial charge in [0.1, 0.15) is 0 Å². The third-order valence-electron chi connectivity index (χ3n) is 4.19. The molecule has 102 valence electrons. The minimum Gasteiger partial charge on any atom is -0.374 e. The van der Waals surface area contributed by atoms with E-state index in [0.29, 0.717) is 11.8 Å². The summed E-state index contributed by atoms with van der Waals surface area (Å²) in [5.41, 5.74) is 11.3. The van der Waals surface area contributed by atoms with Gasteiger partial charge in [0.2, 0.25) is 0 Å². The third-order valence-corrected chi connectivity index (χ3v) is 4.19. The van der Waals surface area contributed by atoms with Gasteiger partial charge in [0.15, 0.2) is 0 Å². The maximum atomic E-state index is 5.87. The van der Waals surface area contributed by atoms with Gasteiger partial charge in [-0.1, -0.05) is 19.9 Å². The first-order valence-corrected chi connectivity index (χ1v) is 6.86. The maximum Gasteiger partial charge on any atom is 0.0396 e. The fraction of sp³-hybridized carbons (Fsp3) is 0.625. The standard InChI is InChI=1S/C16H28N2/c1-11(2)15(9-17)10-18(6)16-8-7-12(3)13(4)14(16)5/h7-8,11,15H,9-10,17H2,1-6H3. The van der Waals surface area contributed by atoms with Gasteiger partial charge in [0, 0.05) is 19.3 Å². The number of nitrogens with zero attached hydrogens (tertiary/aromatic N) is 1. The average molecular weight is 248 g/mol. The molecule has 0 saturated carbocycles. The summed E-state index contributed by atoms with van der Waals surface area (Å²) >= 11 is 0. The van der Waals surface area contributed by atoms with Crippen LogP contribution in [0.4, 0.5) is 5.69 Å². The van der Waals surface area contributed by atoms with Crippen molar-refractivity contribution < 1.29 is 0 Å². The molecule has 0 spiro atoms. The van der Waals surface area contributed by atoms with Crippen LogP contribution >= 0.6 is 0 Å². The highest BCUT2D eigenvalue weighted by Gasteiger charge is 2.16. The molecule has 2 heteroatoms. The van der Waals surface area contributed by atoms with Crippen molar-refractivity contribution in [3.05, 3.63) is 28.8 Å². The number of aryl methyl sites for hydroxylation is 1. The third kappa shape index (κ3) is 3.26. The maximum absolute atomic E-state index is 5.87. The fourth-order valence-electron chi connectivity index (χ4n) is 2.36. The first-order valence-electron chi connectivity index (χ1n) is 6.86. The lowest BCUT2D eigenvalue weighted by molar-refractivity contribution is 0.397. The Labute approximate surface area is 112 Å². The van der Waals surface area contributed by atoms with Gasteiger partial charge in [-0.3, -0.25) is 0 Å². The van der Waals surface area contributed by atoms with Crippen LogP contribution in [0.25, 0.3) is 0 Å². The average Bonchev–Trinajstić information content (AvgIpc) is 2.32. The van der Waals surface area contributed by atoms with Gasteiger partial charge >= 0.3 is 0 Å². The minimum atomic E-state index is 0.552. The SMILES string of the molecule is Cc1ccc(N(C)CC(CN)C(C)C)c(C)c1C. The summed E-state index contributed by atoms with van der Waals surface area (Å²) in [6.07, 6.45) is 0. The van der Waals surface area contributed by atoms with Crippen molar-refractivity contribution in [1.82, 2.24) is 0 Å². The molecule has 2 nitrogen and oxygen atoms in total. The zero-order valence-electron chi connectivity index (χ0n) is 12.7. The molecule has 1 aromatic carbocycles. The van der Waals surface area contributed by atoms with Gasteiger partial charge < -0.3 is 10.6 Å². The van der Waals surface area contributed by atoms with Crippen LogP contribution in [0.1, 0.15) is 30.5 Å². The molecule has 0 heterocycles. The van der Waals surface area contributed by atoms with Gasteiger partial charge in [-0.2, -0.15) is 0 Å². The molecule has 0 amide bonds. The van der Waals surface area contributed by atoms with E-state index in [0.717, 1.165) is 13.1 Å². The van der Waals surface area contributed by atoms with E-state index in [4.69, 9.17) is 5.73 Å². The Morgan fingerprint density at radius 1 is 1.11 bits per heavy atom. The molecule has 0 aliphatic rings. The monoisotopic (exact) mass is 248 g/mol. The van der Waals surface area contributed by atoms with E-state index in [-0.39, 0.29) is 0 Å². The van der Waals surface area contributed by atoms with E-state index in [1.54, 1.807) is 0 Å². The predicted octanol–water partition coefficient (Wildman–Crippen LogP) is 3.28. The van der Waals surface area contributed by atoms with Crippen LogP contribution in [-0.4, -0.2) is 20.1 Å². The van der Waals surface area contributed by atoms with Crippen LogP contribution in [-0.2, 0) is 0 Å². The van der Waals surface area contributed by atoms with E-state index >= 15 is 0 Å². The van der Waals surface area contributed by atoms with Crippen LogP contribution in [0.3, 0.4) is 0 Å². The summed E-state index contributed by atoms with van der Waals surface area (Å²) in [4.78, 5) is 2.35. The zero-order valence-corrected chi connectivity index (χ0v) is 12.7. The molecule has 0 bridgehead atoms. The Morgan fingerprint density at radius 2 is 1.72 bits per heavy atom. The second-order valence-electron chi connectivity index (χ2n) is 5.77. The number of nitrogens with two attached hydrogens (primary N) is 1. The van der Waals surface area contributed by atoms with Crippen LogP contribution < -0.4 is 10.6 Å². The lowest BCUT2D eigenvalue weighted by atomic mass is 9.94. The quantitative estimate of drug-likeness (QED) is 0.866. The normalized spacial score (nSPS) is 12.9. The molecule has 1 aromatic rings. The van der Waals surface area contributed by atoms with Crippen LogP contribution in [0.2, 0.25) is 0 Å². The van der Waals surface area contributed by atoms with Crippen molar-refractivity contribution >= 4 is 5.69 Å². The highest BCUT2D eigenvalue weighted by Crippen LogP contribution is 2.25. The van der Waals surface area contributed by atoms with Crippen LogP contribution in [0.5, 0.6) is 0 Å². The van der Waals surface area contributed by atoms with Crippen LogP contribution in [0.15, 0.2) is 12.1 Å². The Bertz CT molecular complexity index is 396. The summed E-state index contributed by atoms with van der Waals surface area (Å²) < 4.78 is 0. The second kappa shape index (κ2) is 6.24. The van der Waals surface area contributed by atoms with Gasteiger partial charge in [0.05, 0.1) is 0 Å². The van der Waals surface area contributed by atoms with Crippen LogP contribution in [0, 0.1) is 32.6 Å². The van der Waals surface area contributed by atoms with Gasteiger partial charge in [0.25, 0.3) is 0 Å². The fourth-order valence-corrected chi connectivity index (χ4v) is 2.36. The largest absolute Gasteiger partial charge is 0.374 e. The van der Waals surface area contributed by atoms with Crippen molar-refractivity contribution in [1.29, 1.82) is 0 Å². The topological polar surface area (TPSA) is 29.3 Å². The molecular formula is C16H28N2. The first-order chi connectivity index (χ1) is 8.38. The molecule has 0 saturated heterocycles. The lowest BCUT2D eigenvalue weighted by Gasteiger charge is -2.29. The molecule has 0 aromatic heterocycles. The van der Waals surface area contributed by atoms with E-state index < -0.39 is 0 Å². The summed E-state index contributed by atoms with van der Waals surface area (Å²) in [6.45, 7) is 12.9. The molecule has 0 aliphatic heterocycles. The van der Waals surface area contributed by atoms with Crippen molar-refractivity contribution in [2.75, 3.05) is 25.0 Å². The minimum absolute atomic E-state index is 0.552. The zero-order chi connectivity index (χ0) is 13.9. The van der Waals surface area contributed by atoms with E-state index in [2.05, 4.69) is 58.7 Å². The molecule has 0 radical (unpaired) electrons. The highest BCUT2D eigenvalue weighted by atomic mass is 15.1.